The first-order valence-electron chi connectivity index (χ1n) is 16.5. The number of rotatable bonds is 14. The topological polar surface area (TPSA) is 261 Å². The number of nitrogens with one attached hydrogen (secondary N) is 5. The molecule has 3 rings (SSSR count). The molecule has 1 fully saturated rings. The highest BCUT2D eigenvalue weighted by atomic mass is 16.3. The van der Waals surface area contributed by atoms with Gasteiger partial charge in [-0.2, -0.15) is 0 Å². The zero-order chi connectivity index (χ0) is 35.8. The van der Waals surface area contributed by atoms with Gasteiger partial charge in [-0.1, -0.05) is 42.5 Å². The third-order valence-corrected chi connectivity index (χ3v) is 8.12. The molecule has 2 aromatic carbocycles. The van der Waals surface area contributed by atoms with E-state index in [1.54, 1.807) is 42.5 Å². The zero-order valence-corrected chi connectivity index (χ0v) is 27.5. The molecule has 5 atom stereocenters. The van der Waals surface area contributed by atoms with E-state index in [0.29, 0.717) is 44.3 Å². The molecule has 1 heterocycles. The highest BCUT2D eigenvalue weighted by molar-refractivity contribution is 5.99. The molecule has 0 saturated carbocycles. The van der Waals surface area contributed by atoms with Gasteiger partial charge in [-0.05, 0) is 74.9 Å². The third kappa shape index (κ3) is 12.8. The minimum Gasteiger partial charge on any atom is -0.508 e. The molecule has 0 unspecified atom stereocenters. The number of benzene rings is 2. The van der Waals surface area contributed by atoms with E-state index >= 15 is 0 Å². The van der Waals surface area contributed by atoms with Crippen molar-refractivity contribution in [2.45, 2.75) is 88.0 Å². The smallest absolute Gasteiger partial charge is 0.243 e. The van der Waals surface area contributed by atoms with E-state index < -0.39 is 72.1 Å². The summed E-state index contributed by atoms with van der Waals surface area (Å²) in [7, 11) is 0. The number of unbranched alkanes of at least 4 members (excludes halogenated alkanes) is 2. The molecule has 12 N–H and O–H groups in total. The maximum Gasteiger partial charge on any atom is 0.243 e. The van der Waals surface area contributed by atoms with Crippen LogP contribution < -0.4 is 43.8 Å². The molecule has 1 aliphatic heterocycles. The summed E-state index contributed by atoms with van der Waals surface area (Å²) in [5.41, 5.74) is 18.1. The lowest BCUT2D eigenvalue weighted by molar-refractivity contribution is -0.135. The largest absolute Gasteiger partial charge is 0.508 e. The summed E-state index contributed by atoms with van der Waals surface area (Å²) in [6.45, 7) is 0.681. The van der Waals surface area contributed by atoms with Crippen molar-refractivity contribution in [3.63, 3.8) is 0 Å². The van der Waals surface area contributed by atoms with Crippen molar-refractivity contribution in [2.24, 2.45) is 17.2 Å². The van der Waals surface area contributed by atoms with Crippen LogP contribution in [0.5, 0.6) is 5.75 Å². The normalized spacial score (nSPS) is 22.4. The van der Waals surface area contributed by atoms with Crippen molar-refractivity contribution in [1.82, 2.24) is 26.6 Å². The van der Waals surface area contributed by atoms with Gasteiger partial charge in [0.05, 0.1) is 6.42 Å². The van der Waals surface area contributed by atoms with E-state index in [9.17, 15) is 33.9 Å². The van der Waals surface area contributed by atoms with Gasteiger partial charge in [0.2, 0.25) is 35.4 Å². The summed E-state index contributed by atoms with van der Waals surface area (Å²) in [5.74, 6) is -4.52. The minimum atomic E-state index is -1.46. The number of nitrogens with two attached hydrogens (primary N) is 3. The fourth-order valence-corrected chi connectivity index (χ4v) is 5.43. The van der Waals surface area contributed by atoms with Gasteiger partial charge in [-0.3, -0.25) is 28.8 Å². The van der Waals surface area contributed by atoms with E-state index in [2.05, 4.69) is 26.6 Å². The third-order valence-electron chi connectivity index (χ3n) is 8.12. The van der Waals surface area contributed by atoms with Crippen molar-refractivity contribution in [3.8, 4) is 5.75 Å². The summed E-state index contributed by atoms with van der Waals surface area (Å²) >= 11 is 0. The number of phenolic OH excluding ortho intramolecular Hbond substituents is 1. The van der Waals surface area contributed by atoms with Crippen LogP contribution in [0.15, 0.2) is 54.6 Å². The molecule has 0 radical (unpaired) electrons. The fourth-order valence-electron chi connectivity index (χ4n) is 5.43. The molecule has 266 valence electrons. The molecule has 2 aromatic rings. The molecule has 15 heteroatoms. The average Bonchev–Trinajstić information content (AvgIpc) is 3.07. The fraction of sp³-hybridized carbons (Fsp3) is 0.471. The Morgan fingerprint density at radius 1 is 0.551 bits per heavy atom. The predicted molar refractivity (Wildman–Crippen MR) is 181 cm³/mol. The van der Waals surface area contributed by atoms with Crippen molar-refractivity contribution >= 4 is 35.4 Å². The number of carbonyl (C=O) groups is 6. The van der Waals surface area contributed by atoms with Crippen LogP contribution in [0, 0.1) is 0 Å². The van der Waals surface area contributed by atoms with Crippen LogP contribution in [-0.2, 0) is 41.6 Å². The molecule has 49 heavy (non-hydrogen) atoms. The Morgan fingerprint density at radius 2 is 0.939 bits per heavy atom. The molecular formula is C34H48N8O7. The van der Waals surface area contributed by atoms with Crippen LogP contribution in [0.2, 0.25) is 0 Å². The molecule has 0 aromatic heterocycles. The van der Waals surface area contributed by atoms with Crippen molar-refractivity contribution in [1.29, 1.82) is 0 Å². The Balaban J connectivity index is 2.08. The molecular weight excluding hydrogens is 632 g/mol. The van der Waals surface area contributed by atoms with Gasteiger partial charge in [-0.25, -0.2) is 0 Å². The molecule has 15 nitrogen and oxygen atoms in total. The SMILES string of the molecule is NCCCC[C@@H]1NC(=O)[C@H](CC(N)=O)NC(=O)[C@H](CCCCN)NC(=O)[C@H](Cc2ccccc2)NC(=O)[C@H](Cc2ccc(O)cc2)NC1=O. The number of aromatic hydroxyl groups is 1. The van der Waals surface area contributed by atoms with Gasteiger partial charge < -0.3 is 48.9 Å². The standard InChI is InChI=1S/C34H48N8O7/c35-16-6-4-10-24-30(45)40-27(19-22-12-14-23(43)15-13-22)33(48)41-26(18-21-8-2-1-3-9-21)32(47)38-25(11-5-7-17-36)31(46)42-28(20-29(37)44)34(49)39-24/h1-3,8-9,12-15,24-28,43H,4-7,10-11,16-20,35-36H2,(H2,37,44)(H,38,47)(H,39,49)(H,40,45)(H,41,48)(H,42,46)/t24-,25-,26-,27-,28-/m0/s1. The van der Waals surface area contributed by atoms with Crippen LogP contribution in [0.4, 0.5) is 0 Å². The summed E-state index contributed by atoms with van der Waals surface area (Å²) < 4.78 is 0. The number of hydrogen-bond donors (Lipinski definition) is 9. The van der Waals surface area contributed by atoms with E-state index in [1.807, 2.05) is 0 Å². The van der Waals surface area contributed by atoms with Gasteiger partial charge in [0, 0.05) is 12.8 Å². The second kappa shape index (κ2) is 19.7. The Labute approximate surface area is 285 Å². The maximum absolute atomic E-state index is 14.0. The van der Waals surface area contributed by atoms with E-state index in [4.69, 9.17) is 17.2 Å². The number of primary amides is 1. The quantitative estimate of drug-likeness (QED) is 0.108. The molecule has 0 spiro atoms. The number of phenols is 1. The maximum atomic E-state index is 14.0. The van der Waals surface area contributed by atoms with Crippen molar-refractivity contribution in [3.05, 3.63) is 65.7 Å². The van der Waals surface area contributed by atoms with E-state index in [1.165, 1.54) is 12.1 Å². The zero-order valence-electron chi connectivity index (χ0n) is 27.5. The highest BCUT2D eigenvalue weighted by Crippen LogP contribution is 2.14. The molecule has 1 aliphatic rings. The first-order chi connectivity index (χ1) is 23.5. The van der Waals surface area contributed by atoms with Crippen LogP contribution in [0.1, 0.15) is 56.1 Å². The second-order valence-corrected chi connectivity index (χ2v) is 12.1. The van der Waals surface area contributed by atoms with E-state index in [0.717, 1.165) is 5.56 Å². The molecule has 0 bridgehead atoms. The number of amides is 6. The first-order valence-corrected chi connectivity index (χ1v) is 16.5. The average molecular weight is 681 g/mol. The van der Waals surface area contributed by atoms with Gasteiger partial charge in [0.25, 0.3) is 0 Å². The summed E-state index contributed by atoms with van der Waals surface area (Å²) in [5, 5.41) is 23.1. The first kappa shape index (κ1) is 38.4. The van der Waals surface area contributed by atoms with Gasteiger partial charge in [0.15, 0.2) is 0 Å². The van der Waals surface area contributed by atoms with Crippen molar-refractivity contribution in [2.75, 3.05) is 13.1 Å². The van der Waals surface area contributed by atoms with Gasteiger partial charge in [0.1, 0.15) is 36.0 Å². The predicted octanol–water partition coefficient (Wildman–Crippen LogP) is -1.25. The Bertz CT molecular complexity index is 1420. The monoisotopic (exact) mass is 680 g/mol. The van der Waals surface area contributed by atoms with Crippen LogP contribution in [0.25, 0.3) is 0 Å². The number of carbonyl (C=O) groups excluding carboxylic acids is 6. The van der Waals surface area contributed by atoms with Crippen molar-refractivity contribution < 1.29 is 33.9 Å². The minimum absolute atomic E-state index is 0.0104. The molecule has 6 amide bonds. The van der Waals surface area contributed by atoms with Crippen LogP contribution >= 0.6 is 0 Å². The van der Waals surface area contributed by atoms with Gasteiger partial charge >= 0.3 is 0 Å². The lowest BCUT2D eigenvalue weighted by Crippen LogP contribution is -2.58. The lowest BCUT2D eigenvalue weighted by Gasteiger charge is -2.26. The van der Waals surface area contributed by atoms with E-state index in [-0.39, 0.29) is 31.4 Å². The summed E-state index contributed by atoms with van der Waals surface area (Å²) in [6.07, 6.45) is 1.73. The Morgan fingerprint density at radius 3 is 1.39 bits per heavy atom. The highest BCUT2D eigenvalue weighted by Gasteiger charge is 2.35. The molecule has 0 aliphatic carbocycles. The van der Waals surface area contributed by atoms with Gasteiger partial charge in [-0.15, -0.1) is 0 Å². The summed E-state index contributed by atoms with van der Waals surface area (Å²) in [4.78, 5) is 80.7. The lowest BCUT2D eigenvalue weighted by atomic mass is 10.0. The summed E-state index contributed by atoms with van der Waals surface area (Å²) in [6, 6.07) is 8.83. The van der Waals surface area contributed by atoms with Crippen LogP contribution in [-0.4, -0.2) is 83.8 Å². The Hall–Kier alpha value is -5.02. The Kier molecular flexibility index (Phi) is 15.5. The van der Waals surface area contributed by atoms with Crippen LogP contribution in [0.3, 0.4) is 0 Å². The molecule has 1 saturated heterocycles. The second-order valence-electron chi connectivity index (χ2n) is 12.1. The number of hydrogen-bond acceptors (Lipinski definition) is 9.